The number of anilines is 1. The molecule has 3 heterocycles. The van der Waals surface area contributed by atoms with Crippen molar-refractivity contribution in [1.82, 2.24) is 14.8 Å². The molecule has 0 spiro atoms. The molecule has 0 radical (unpaired) electrons. The van der Waals surface area contributed by atoms with E-state index in [0.717, 1.165) is 10.6 Å². The Morgan fingerprint density at radius 3 is 2.86 bits per heavy atom. The van der Waals surface area contributed by atoms with Gasteiger partial charge in [0.05, 0.1) is 10.5 Å². The number of nitro groups is 1. The molecule has 3 aromatic rings. The highest BCUT2D eigenvalue weighted by atomic mass is 32.1. The number of hydrogen-bond donors (Lipinski definition) is 1. The van der Waals surface area contributed by atoms with Crippen molar-refractivity contribution in [2.24, 2.45) is 0 Å². The average molecular weight is 393 g/mol. The zero-order chi connectivity index (χ0) is 19.3. The zero-order valence-corrected chi connectivity index (χ0v) is 15.4. The minimum atomic E-state index is -0.660. The maximum atomic E-state index is 13.2. The third kappa shape index (κ3) is 2.55. The first-order valence-electron chi connectivity index (χ1n) is 8.83. The first-order valence-corrected chi connectivity index (χ1v) is 9.71. The fourth-order valence-electron chi connectivity index (χ4n) is 4.05. The van der Waals surface area contributed by atoms with E-state index in [1.807, 2.05) is 17.5 Å². The SMILES string of the molecule is O=C1CC(c2cccs2)CC2=C1C(c1ccccc1[N+](=O)[O-])n1ncnc1N2. The summed E-state index contributed by atoms with van der Waals surface area (Å²) >= 11 is 1.64. The summed E-state index contributed by atoms with van der Waals surface area (Å²) in [6.07, 6.45) is 2.43. The molecule has 1 aliphatic heterocycles. The first kappa shape index (κ1) is 16.8. The quantitative estimate of drug-likeness (QED) is 0.538. The highest BCUT2D eigenvalue weighted by molar-refractivity contribution is 7.10. The molecule has 8 nitrogen and oxygen atoms in total. The van der Waals surface area contributed by atoms with Gasteiger partial charge in [-0.15, -0.1) is 11.3 Å². The Kier molecular flexibility index (Phi) is 3.83. The number of rotatable bonds is 3. The number of benzene rings is 1. The molecule has 140 valence electrons. The number of carbonyl (C=O) groups excluding carboxylic acids is 1. The van der Waals surface area contributed by atoms with Gasteiger partial charge >= 0.3 is 0 Å². The van der Waals surface area contributed by atoms with E-state index in [1.54, 1.807) is 34.2 Å². The van der Waals surface area contributed by atoms with Gasteiger partial charge in [-0.05, 0) is 23.9 Å². The third-order valence-corrected chi connectivity index (χ3v) is 6.27. The molecule has 1 N–H and O–H groups in total. The Morgan fingerprint density at radius 1 is 1.21 bits per heavy atom. The highest BCUT2D eigenvalue weighted by Crippen LogP contribution is 2.45. The van der Waals surface area contributed by atoms with Crippen molar-refractivity contribution in [1.29, 1.82) is 0 Å². The van der Waals surface area contributed by atoms with Crippen LogP contribution in [0.2, 0.25) is 0 Å². The van der Waals surface area contributed by atoms with E-state index in [0.29, 0.717) is 29.9 Å². The molecular weight excluding hydrogens is 378 g/mol. The molecule has 0 bridgehead atoms. The van der Waals surface area contributed by atoms with Gasteiger partial charge in [0.1, 0.15) is 12.4 Å². The minimum Gasteiger partial charge on any atom is -0.328 e. The Hall–Kier alpha value is -3.33. The van der Waals surface area contributed by atoms with Gasteiger partial charge in [-0.25, -0.2) is 4.68 Å². The molecule has 2 aliphatic rings. The van der Waals surface area contributed by atoms with Crippen molar-refractivity contribution in [2.75, 3.05) is 5.32 Å². The molecule has 28 heavy (non-hydrogen) atoms. The number of thiophene rings is 1. The number of Topliss-reactive ketones (excluding diaryl/α,β-unsaturated/α-hetero) is 1. The number of nitrogens with one attached hydrogen (secondary N) is 1. The summed E-state index contributed by atoms with van der Waals surface area (Å²) in [5, 5.41) is 21.1. The average Bonchev–Trinajstić information content (AvgIpc) is 3.38. The Morgan fingerprint density at radius 2 is 2.07 bits per heavy atom. The van der Waals surface area contributed by atoms with E-state index < -0.39 is 11.0 Å². The van der Waals surface area contributed by atoms with Crippen LogP contribution in [0.5, 0.6) is 0 Å². The molecule has 2 aromatic heterocycles. The second-order valence-corrected chi connectivity index (χ2v) is 7.79. The summed E-state index contributed by atoms with van der Waals surface area (Å²) in [7, 11) is 0. The Labute approximate surface area is 163 Å². The van der Waals surface area contributed by atoms with Crippen LogP contribution in [0.4, 0.5) is 11.6 Å². The lowest BCUT2D eigenvalue weighted by Gasteiger charge is -2.34. The van der Waals surface area contributed by atoms with Crippen LogP contribution in [0, 0.1) is 10.1 Å². The van der Waals surface area contributed by atoms with E-state index in [4.69, 9.17) is 0 Å². The number of fused-ring (bicyclic) bond motifs is 1. The summed E-state index contributed by atoms with van der Waals surface area (Å²) in [6.45, 7) is 0. The predicted octanol–water partition coefficient (Wildman–Crippen LogP) is 3.66. The van der Waals surface area contributed by atoms with Crippen molar-refractivity contribution in [3.8, 4) is 0 Å². The van der Waals surface area contributed by atoms with E-state index in [2.05, 4.69) is 15.4 Å². The number of hydrogen-bond acceptors (Lipinski definition) is 7. The molecule has 5 rings (SSSR count). The normalized spacial score (nSPS) is 21.1. The van der Waals surface area contributed by atoms with Crippen LogP contribution in [0.25, 0.3) is 0 Å². The maximum absolute atomic E-state index is 13.2. The Balaban J connectivity index is 1.67. The van der Waals surface area contributed by atoms with E-state index in [9.17, 15) is 14.9 Å². The minimum absolute atomic E-state index is 0.0172. The van der Waals surface area contributed by atoms with Crippen molar-refractivity contribution in [2.45, 2.75) is 24.8 Å². The number of ketones is 1. The molecule has 0 saturated heterocycles. The van der Waals surface area contributed by atoms with Gasteiger partial charge in [0.2, 0.25) is 5.95 Å². The topological polar surface area (TPSA) is 103 Å². The summed E-state index contributed by atoms with van der Waals surface area (Å²) in [6, 6.07) is 9.86. The number of nitrogens with zero attached hydrogens (tertiary/aromatic N) is 4. The second kappa shape index (κ2) is 6.38. The van der Waals surface area contributed by atoms with Crippen molar-refractivity contribution < 1.29 is 9.72 Å². The molecule has 2 atom stereocenters. The summed E-state index contributed by atoms with van der Waals surface area (Å²) < 4.78 is 1.56. The van der Waals surface area contributed by atoms with E-state index in [-0.39, 0.29) is 17.4 Å². The predicted molar refractivity (Wildman–Crippen MR) is 103 cm³/mol. The molecule has 2 unspecified atom stereocenters. The molecule has 1 aliphatic carbocycles. The second-order valence-electron chi connectivity index (χ2n) is 6.81. The zero-order valence-electron chi connectivity index (χ0n) is 14.6. The maximum Gasteiger partial charge on any atom is 0.275 e. The number of para-hydroxylation sites is 1. The van der Waals surface area contributed by atoms with Crippen molar-refractivity contribution >= 4 is 28.8 Å². The molecule has 0 amide bonds. The lowest BCUT2D eigenvalue weighted by Crippen LogP contribution is -2.33. The number of carbonyl (C=O) groups is 1. The molecule has 0 saturated carbocycles. The van der Waals surface area contributed by atoms with Crippen LogP contribution in [0.1, 0.15) is 35.2 Å². The smallest absolute Gasteiger partial charge is 0.275 e. The van der Waals surface area contributed by atoms with Gasteiger partial charge < -0.3 is 5.32 Å². The lowest BCUT2D eigenvalue weighted by atomic mass is 9.79. The van der Waals surface area contributed by atoms with Gasteiger partial charge in [-0.2, -0.15) is 10.1 Å². The number of aromatic nitrogens is 3. The van der Waals surface area contributed by atoms with Gasteiger partial charge in [-0.3, -0.25) is 14.9 Å². The van der Waals surface area contributed by atoms with Crippen LogP contribution in [-0.2, 0) is 4.79 Å². The van der Waals surface area contributed by atoms with Crippen molar-refractivity contribution in [3.05, 3.63) is 79.9 Å². The summed E-state index contributed by atoms with van der Waals surface area (Å²) in [4.78, 5) is 29.8. The monoisotopic (exact) mass is 393 g/mol. The van der Waals surface area contributed by atoms with E-state index in [1.165, 1.54) is 12.4 Å². The molecular formula is C19H15N5O3S. The van der Waals surface area contributed by atoms with Crippen LogP contribution >= 0.6 is 11.3 Å². The van der Waals surface area contributed by atoms with Crippen LogP contribution in [0.3, 0.4) is 0 Å². The first-order chi connectivity index (χ1) is 13.6. The largest absolute Gasteiger partial charge is 0.328 e. The van der Waals surface area contributed by atoms with Crippen LogP contribution in [-0.4, -0.2) is 25.5 Å². The fourth-order valence-corrected chi connectivity index (χ4v) is 4.88. The van der Waals surface area contributed by atoms with Gasteiger partial charge in [0, 0.05) is 34.6 Å². The van der Waals surface area contributed by atoms with E-state index >= 15 is 0 Å². The summed E-state index contributed by atoms with van der Waals surface area (Å²) in [5.41, 5.74) is 1.73. The van der Waals surface area contributed by atoms with Gasteiger partial charge in [0.25, 0.3) is 5.69 Å². The summed E-state index contributed by atoms with van der Waals surface area (Å²) in [5.74, 6) is 0.567. The molecule has 9 heteroatoms. The number of nitro benzene ring substituents is 1. The van der Waals surface area contributed by atoms with Crippen molar-refractivity contribution in [3.63, 3.8) is 0 Å². The molecule has 0 fully saturated rings. The van der Waals surface area contributed by atoms with Crippen LogP contribution < -0.4 is 5.32 Å². The van der Waals surface area contributed by atoms with Gasteiger partial charge in [0.15, 0.2) is 5.78 Å². The number of allylic oxidation sites excluding steroid dienone is 2. The fraction of sp³-hybridized carbons (Fsp3) is 0.211. The van der Waals surface area contributed by atoms with Gasteiger partial charge in [-0.1, -0.05) is 18.2 Å². The molecule has 1 aromatic carbocycles. The van der Waals surface area contributed by atoms with Crippen LogP contribution in [0.15, 0.2) is 59.4 Å². The Bertz CT molecular complexity index is 1120. The lowest BCUT2D eigenvalue weighted by molar-refractivity contribution is -0.385. The standard InChI is InChI=1S/C19H15N5O3S/c25-15-9-11(16-6-3-7-28-16)8-13-17(15)18(23-19(22-13)20-10-21-23)12-4-1-2-5-14(12)24(26)27/h1-7,10-11,18H,8-9H2,(H,20,21,22). The third-order valence-electron chi connectivity index (χ3n) is 5.24. The highest BCUT2D eigenvalue weighted by Gasteiger charge is 2.41.